The number of rotatable bonds is 4. The van der Waals surface area contributed by atoms with Crippen molar-refractivity contribution in [2.24, 2.45) is 0 Å². The first-order valence-corrected chi connectivity index (χ1v) is 6.86. The van der Waals surface area contributed by atoms with Crippen molar-refractivity contribution in [3.05, 3.63) is 0 Å². The van der Waals surface area contributed by atoms with Crippen LogP contribution in [-0.2, 0) is 18.9 Å². The van der Waals surface area contributed by atoms with Crippen LogP contribution in [0.3, 0.4) is 0 Å². The number of hydrogen-bond donors (Lipinski definition) is 5. The molecule has 21 heavy (non-hydrogen) atoms. The molecule has 8 atom stereocenters. The maximum Gasteiger partial charge on any atom is 0.186 e. The van der Waals surface area contributed by atoms with Crippen LogP contribution in [0.5, 0.6) is 0 Å². The van der Waals surface area contributed by atoms with Gasteiger partial charge in [-0.1, -0.05) is 0 Å². The summed E-state index contributed by atoms with van der Waals surface area (Å²) >= 11 is 0. The highest BCUT2D eigenvalue weighted by atomic mass is 16.7. The van der Waals surface area contributed by atoms with Gasteiger partial charge in [-0.3, -0.25) is 0 Å². The van der Waals surface area contributed by atoms with E-state index in [9.17, 15) is 25.5 Å². The lowest BCUT2D eigenvalue weighted by atomic mass is 10.0. The van der Waals surface area contributed by atoms with Crippen molar-refractivity contribution in [3.8, 4) is 0 Å². The summed E-state index contributed by atoms with van der Waals surface area (Å²) in [5.41, 5.74) is 0. The Kier molecular flexibility index (Phi) is 5.88. The van der Waals surface area contributed by atoms with Gasteiger partial charge in [0, 0.05) is 6.61 Å². The van der Waals surface area contributed by atoms with Gasteiger partial charge in [0.15, 0.2) is 12.6 Å². The van der Waals surface area contributed by atoms with Gasteiger partial charge in [0.05, 0.1) is 13.2 Å². The molecule has 0 aromatic carbocycles. The zero-order chi connectivity index (χ0) is 15.6. The average molecular weight is 310 g/mol. The molecule has 2 saturated heterocycles. The molecule has 5 N–H and O–H groups in total. The van der Waals surface area contributed by atoms with Crippen LogP contribution in [-0.4, -0.2) is 94.6 Å². The van der Waals surface area contributed by atoms with E-state index >= 15 is 0 Å². The van der Waals surface area contributed by atoms with Crippen LogP contribution in [0.1, 0.15) is 6.92 Å². The molecule has 0 radical (unpaired) electrons. The van der Waals surface area contributed by atoms with Crippen LogP contribution in [0.25, 0.3) is 0 Å². The Morgan fingerprint density at radius 2 is 1.43 bits per heavy atom. The number of aliphatic hydroxyl groups is 5. The van der Waals surface area contributed by atoms with Crippen LogP contribution in [0.15, 0.2) is 0 Å². The van der Waals surface area contributed by atoms with Gasteiger partial charge in [-0.05, 0) is 6.92 Å². The molecular formula is C12H22O9. The third-order valence-corrected chi connectivity index (χ3v) is 3.51. The molecule has 0 amide bonds. The van der Waals surface area contributed by atoms with E-state index < -0.39 is 49.2 Å². The molecule has 0 aliphatic carbocycles. The molecule has 8 unspecified atom stereocenters. The molecule has 0 aromatic heterocycles. The Hall–Kier alpha value is -0.360. The number of ether oxygens (including phenoxy) is 4. The van der Waals surface area contributed by atoms with Crippen LogP contribution >= 0.6 is 0 Å². The van der Waals surface area contributed by atoms with Gasteiger partial charge < -0.3 is 44.5 Å². The van der Waals surface area contributed by atoms with Gasteiger partial charge in [-0.15, -0.1) is 0 Å². The van der Waals surface area contributed by atoms with Crippen molar-refractivity contribution in [2.45, 2.75) is 56.1 Å². The largest absolute Gasteiger partial charge is 0.388 e. The number of hydrogen-bond acceptors (Lipinski definition) is 9. The van der Waals surface area contributed by atoms with E-state index in [1.807, 2.05) is 0 Å². The summed E-state index contributed by atoms with van der Waals surface area (Å²) < 4.78 is 21.0. The molecule has 0 aromatic rings. The SMILES string of the molecule is CCOC1OCC(O)C(O)C1OC1OCC(O)C(O)C1O. The van der Waals surface area contributed by atoms with E-state index in [2.05, 4.69) is 0 Å². The van der Waals surface area contributed by atoms with Gasteiger partial charge in [-0.2, -0.15) is 0 Å². The van der Waals surface area contributed by atoms with Crippen LogP contribution in [0.2, 0.25) is 0 Å². The summed E-state index contributed by atoms with van der Waals surface area (Å²) in [6, 6.07) is 0. The highest BCUT2D eigenvalue weighted by Crippen LogP contribution is 2.25. The van der Waals surface area contributed by atoms with E-state index in [0.717, 1.165) is 0 Å². The standard InChI is InChI=1S/C12H22O9/c1-2-18-12-10(8(16)6(14)4-20-12)21-11-9(17)7(15)5(13)3-19-11/h5-17H,2-4H2,1H3. The highest BCUT2D eigenvalue weighted by Gasteiger charge is 2.46. The van der Waals surface area contributed by atoms with Crippen molar-refractivity contribution in [1.29, 1.82) is 0 Å². The topological polar surface area (TPSA) is 138 Å². The van der Waals surface area contributed by atoms with Gasteiger partial charge in [0.25, 0.3) is 0 Å². The third-order valence-electron chi connectivity index (χ3n) is 3.51. The first kappa shape index (κ1) is 17.0. The fourth-order valence-electron chi connectivity index (χ4n) is 2.27. The smallest absolute Gasteiger partial charge is 0.186 e. The van der Waals surface area contributed by atoms with Gasteiger partial charge >= 0.3 is 0 Å². The first-order valence-electron chi connectivity index (χ1n) is 6.86. The van der Waals surface area contributed by atoms with E-state index in [1.54, 1.807) is 6.92 Å². The van der Waals surface area contributed by atoms with Crippen LogP contribution < -0.4 is 0 Å². The molecule has 0 spiro atoms. The van der Waals surface area contributed by atoms with Crippen LogP contribution in [0.4, 0.5) is 0 Å². The lowest BCUT2D eigenvalue weighted by Crippen LogP contribution is -2.60. The third kappa shape index (κ3) is 3.70. The van der Waals surface area contributed by atoms with Crippen molar-refractivity contribution < 1.29 is 44.5 Å². The molecular weight excluding hydrogens is 288 g/mol. The molecule has 2 rings (SSSR count). The molecule has 9 nitrogen and oxygen atoms in total. The summed E-state index contributed by atoms with van der Waals surface area (Å²) in [4.78, 5) is 0. The molecule has 0 bridgehead atoms. The van der Waals surface area contributed by atoms with Crippen molar-refractivity contribution in [1.82, 2.24) is 0 Å². The zero-order valence-electron chi connectivity index (χ0n) is 11.6. The van der Waals surface area contributed by atoms with Gasteiger partial charge in [0.1, 0.15) is 36.6 Å². The minimum atomic E-state index is -1.50. The predicted octanol–water partition coefficient (Wildman–Crippen LogP) is -3.07. The second-order valence-electron chi connectivity index (χ2n) is 5.07. The molecule has 2 aliphatic rings. The molecule has 9 heteroatoms. The van der Waals surface area contributed by atoms with Crippen molar-refractivity contribution in [2.75, 3.05) is 19.8 Å². The van der Waals surface area contributed by atoms with Gasteiger partial charge in [0.2, 0.25) is 0 Å². The summed E-state index contributed by atoms with van der Waals surface area (Å²) in [7, 11) is 0. The quantitative estimate of drug-likeness (QED) is 0.366. The minimum Gasteiger partial charge on any atom is -0.388 e. The summed E-state index contributed by atoms with van der Waals surface area (Å²) in [6.45, 7) is 1.68. The van der Waals surface area contributed by atoms with E-state index in [1.165, 1.54) is 0 Å². The molecule has 0 saturated carbocycles. The predicted molar refractivity (Wildman–Crippen MR) is 66.0 cm³/mol. The average Bonchev–Trinajstić information content (AvgIpc) is 2.47. The Bertz CT molecular complexity index is 328. The van der Waals surface area contributed by atoms with Crippen LogP contribution in [0, 0.1) is 0 Å². The maximum absolute atomic E-state index is 9.99. The second kappa shape index (κ2) is 7.27. The van der Waals surface area contributed by atoms with Crippen molar-refractivity contribution >= 4 is 0 Å². The minimum absolute atomic E-state index is 0.110. The Labute approximate surface area is 121 Å². The monoisotopic (exact) mass is 310 g/mol. The molecule has 124 valence electrons. The Morgan fingerprint density at radius 3 is 2.05 bits per heavy atom. The zero-order valence-corrected chi connectivity index (χ0v) is 11.6. The maximum atomic E-state index is 9.99. The van der Waals surface area contributed by atoms with Gasteiger partial charge in [-0.25, -0.2) is 0 Å². The van der Waals surface area contributed by atoms with Crippen molar-refractivity contribution in [3.63, 3.8) is 0 Å². The molecule has 2 aliphatic heterocycles. The van der Waals surface area contributed by atoms with E-state index in [0.29, 0.717) is 6.61 Å². The summed E-state index contributed by atoms with van der Waals surface area (Å²) in [6.07, 6.45) is -9.93. The molecule has 2 fully saturated rings. The summed E-state index contributed by atoms with van der Waals surface area (Å²) in [5.74, 6) is 0. The Morgan fingerprint density at radius 1 is 0.857 bits per heavy atom. The van der Waals surface area contributed by atoms with E-state index in [4.69, 9.17) is 18.9 Å². The molecule has 2 heterocycles. The summed E-state index contributed by atoms with van der Waals surface area (Å²) in [5, 5.41) is 48.4. The fourth-order valence-corrected chi connectivity index (χ4v) is 2.27. The Balaban J connectivity index is 2.03. The highest BCUT2D eigenvalue weighted by molar-refractivity contribution is 4.88. The lowest BCUT2D eigenvalue weighted by molar-refractivity contribution is -0.342. The number of aliphatic hydroxyl groups excluding tert-OH is 5. The fraction of sp³-hybridized carbons (Fsp3) is 1.00. The first-order chi connectivity index (χ1) is 9.95. The second-order valence-corrected chi connectivity index (χ2v) is 5.07. The van der Waals surface area contributed by atoms with E-state index in [-0.39, 0.29) is 13.2 Å². The normalized spacial score (nSPS) is 48.3. The lowest BCUT2D eigenvalue weighted by Gasteiger charge is -2.42.